The topological polar surface area (TPSA) is 37.8 Å². The molecule has 88 valence electrons. The smallest absolute Gasteiger partial charge is 0.142 e. The third-order valence-electron chi connectivity index (χ3n) is 2.41. The van der Waals surface area contributed by atoms with Gasteiger partial charge in [-0.3, -0.25) is 9.97 Å². The van der Waals surface area contributed by atoms with Gasteiger partial charge in [0.25, 0.3) is 0 Å². The van der Waals surface area contributed by atoms with Crippen LogP contribution in [0.2, 0.25) is 0 Å². The maximum absolute atomic E-state index is 13.1. The third-order valence-corrected chi connectivity index (χ3v) is 2.41. The summed E-state index contributed by atoms with van der Waals surface area (Å²) in [6.07, 6.45) is 6.35. The molecule has 3 nitrogen and oxygen atoms in total. The number of aromatic nitrogens is 2. The Morgan fingerprint density at radius 2 is 1.76 bits per heavy atom. The summed E-state index contributed by atoms with van der Waals surface area (Å²) in [5.74, 6) is -0.334. The Labute approximate surface area is 99.7 Å². The van der Waals surface area contributed by atoms with Crippen molar-refractivity contribution in [3.8, 4) is 11.1 Å². The minimum Gasteiger partial charge on any atom is -0.313 e. The van der Waals surface area contributed by atoms with Crippen LogP contribution in [0.3, 0.4) is 0 Å². The Kier molecular flexibility index (Phi) is 3.77. The lowest BCUT2D eigenvalue weighted by Crippen LogP contribution is -2.11. The van der Waals surface area contributed by atoms with E-state index in [1.165, 1.54) is 12.3 Å². The average molecular weight is 231 g/mol. The summed E-state index contributed by atoms with van der Waals surface area (Å²) in [5, 5.41) is 3.22. The highest BCUT2D eigenvalue weighted by Crippen LogP contribution is 2.18. The van der Waals surface area contributed by atoms with Gasteiger partial charge in [0, 0.05) is 36.3 Å². The van der Waals surface area contributed by atoms with Gasteiger partial charge in [0.05, 0.1) is 6.20 Å². The summed E-state index contributed by atoms with van der Waals surface area (Å²) in [6.45, 7) is 3.72. The summed E-state index contributed by atoms with van der Waals surface area (Å²) < 4.78 is 13.1. The molecule has 0 fully saturated rings. The number of hydrogen-bond acceptors (Lipinski definition) is 3. The standard InChI is InChI=1S/C13H14FN3/c1-2-15-5-10-3-11(7-16-6-10)12-4-13(14)9-17-8-12/h3-4,6-9,15H,2,5H2,1H3. The van der Waals surface area contributed by atoms with Crippen LogP contribution in [0.15, 0.2) is 36.9 Å². The lowest BCUT2D eigenvalue weighted by atomic mass is 10.1. The molecule has 0 aliphatic carbocycles. The highest BCUT2D eigenvalue weighted by atomic mass is 19.1. The van der Waals surface area contributed by atoms with Crippen LogP contribution in [-0.2, 0) is 6.54 Å². The van der Waals surface area contributed by atoms with E-state index in [0.717, 1.165) is 29.8 Å². The van der Waals surface area contributed by atoms with E-state index in [1.54, 1.807) is 18.6 Å². The molecular formula is C13H14FN3. The molecule has 0 amide bonds. The first-order valence-electron chi connectivity index (χ1n) is 5.55. The van der Waals surface area contributed by atoms with Gasteiger partial charge in [0.15, 0.2) is 0 Å². The highest BCUT2D eigenvalue weighted by molar-refractivity contribution is 5.61. The minimum atomic E-state index is -0.334. The lowest BCUT2D eigenvalue weighted by molar-refractivity contribution is 0.622. The van der Waals surface area contributed by atoms with Gasteiger partial charge in [0.2, 0.25) is 0 Å². The number of halogens is 1. The van der Waals surface area contributed by atoms with E-state index in [-0.39, 0.29) is 5.82 Å². The molecular weight excluding hydrogens is 217 g/mol. The summed E-state index contributed by atoms with van der Waals surface area (Å²) in [4.78, 5) is 7.99. The first-order valence-corrected chi connectivity index (χ1v) is 5.55. The van der Waals surface area contributed by atoms with Gasteiger partial charge in [-0.1, -0.05) is 6.92 Å². The maximum Gasteiger partial charge on any atom is 0.142 e. The molecule has 0 radical (unpaired) electrons. The molecule has 2 aromatic rings. The van der Waals surface area contributed by atoms with Gasteiger partial charge >= 0.3 is 0 Å². The predicted octanol–water partition coefficient (Wildman–Crippen LogP) is 2.39. The number of nitrogens with zero attached hydrogens (tertiary/aromatic N) is 2. The van der Waals surface area contributed by atoms with Crippen molar-refractivity contribution in [2.45, 2.75) is 13.5 Å². The molecule has 1 N–H and O–H groups in total. The van der Waals surface area contributed by atoms with Gasteiger partial charge in [0.1, 0.15) is 5.82 Å². The van der Waals surface area contributed by atoms with E-state index < -0.39 is 0 Å². The molecule has 2 aromatic heterocycles. The second-order valence-electron chi connectivity index (χ2n) is 3.75. The van der Waals surface area contributed by atoms with Crippen molar-refractivity contribution in [3.63, 3.8) is 0 Å². The molecule has 0 saturated carbocycles. The molecule has 0 bridgehead atoms. The Morgan fingerprint density at radius 1 is 1.06 bits per heavy atom. The van der Waals surface area contributed by atoms with Crippen LogP contribution in [0.25, 0.3) is 11.1 Å². The normalized spacial score (nSPS) is 10.5. The molecule has 4 heteroatoms. The van der Waals surface area contributed by atoms with Crippen molar-refractivity contribution in [1.29, 1.82) is 0 Å². The summed E-state index contributed by atoms with van der Waals surface area (Å²) in [5.41, 5.74) is 2.71. The van der Waals surface area contributed by atoms with Crippen LogP contribution < -0.4 is 5.32 Å². The molecule has 2 rings (SSSR count). The van der Waals surface area contributed by atoms with E-state index in [2.05, 4.69) is 15.3 Å². The molecule has 17 heavy (non-hydrogen) atoms. The van der Waals surface area contributed by atoms with E-state index in [9.17, 15) is 4.39 Å². The largest absolute Gasteiger partial charge is 0.313 e. The summed E-state index contributed by atoms with van der Waals surface area (Å²) in [7, 11) is 0. The Balaban J connectivity index is 2.26. The van der Waals surface area contributed by atoms with Gasteiger partial charge < -0.3 is 5.32 Å². The molecule has 2 heterocycles. The van der Waals surface area contributed by atoms with Gasteiger partial charge in [-0.15, -0.1) is 0 Å². The average Bonchev–Trinajstić information content (AvgIpc) is 2.37. The summed E-state index contributed by atoms with van der Waals surface area (Å²) in [6, 6.07) is 3.45. The zero-order valence-corrected chi connectivity index (χ0v) is 9.65. The Bertz CT molecular complexity index is 500. The molecule has 0 aliphatic rings. The van der Waals surface area contributed by atoms with E-state index in [4.69, 9.17) is 0 Å². The van der Waals surface area contributed by atoms with Crippen molar-refractivity contribution < 1.29 is 4.39 Å². The predicted molar refractivity (Wildman–Crippen MR) is 64.8 cm³/mol. The van der Waals surface area contributed by atoms with Gasteiger partial charge in [-0.25, -0.2) is 4.39 Å². The summed E-state index contributed by atoms with van der Waals surface area (Å²) >= 11 is 0. The SMILES string of the molecule is CCNCc1cncc(-c2cncc(F)c2)c1. The second kappa shape index (κ2) is 5.50. The van der Waals surface area contributed by atoms with Crippen LogP contribution in [-0.4, -0.2) is 16.5 Å². The second-order valence-corrected chi connectivity index (χ2v) is 3.75. The third kappa shape index (κ3) is 3.07. The quantitative estimate of drug-likeness (QED) is 0.878. The van der Waals surface area contributed by atoms with Crippen LogP contribution in [0.5, 0.6) is 0 Å². The van der Waals surface area contributed by atoms with Crippen LogP contribution >= 0.6 is 0 Å². The van der Waals surface area contributed by atoms with Gasteiger partial charge in [-0.2, -0.15) is 0 Å². The van der Waals surface area contributed by atoms with E-state index in [1.807, 2.05) is 13.0 Å². The van der Waals surface area contributed by atoms with Crippen molar-refractivity contribution in [2.24, 2.45) is 0 Å². The van der Waals surface area contributed by atoms with Crippen LogP contribution in [0.4, 0.5) is 4.39 Å². The number of nitrogens with one attached hydrogen (secondary N) is 1. The molecule has 0 saturated heterocycles. The monoisotopic (exact) mass is 231 g/mol. The molecule has 0 spiro atoms. The van der Waals surface area contributed by atoms with Crippen LogP contribution in [0, 0.1) is 5.82 Å². The van der Waals surface area contributed by atoms with Crippen molar-refractivity contribution in [1.82, 2.24) is 15.3 Å². The molecule has 0 aliphatic heterocycles. The Morgan fingerprint density at radius 3 is 2.47 bits per heavy atom. The fourth-order valence-electron chi connectivity index (χ4n) is 1.58. The fraction of sp³-hybridized carbons (Fsp3) is 0.231. The number of hydrogen-bond donors (Lipinski definition) is 1. The fourth-order valence-corrected chi connectivity index (χ4v) is 1.58. The lowest BCUT2D eigenvalue weighted by Gasteiger charge is -2.05. The Hall–Kier alpha value is -1.81. The highest BCUT2D eigenvalue weighted by Gasteiger charge is 2.02. The maximum atomic E-state index is 13.1. The molecule has 0 unspecified atom stereocenters. The zero-order valence-electron chi connectivity index (χ0n) is 9.65. The minimum absolute atomic E-state index is 0.334. The van der Waals surface area contributed by atoms with E-state index >= 15 is 0 Å². The van der Waals surface area contributed by atoms with Gasteiger partial charge in [-0.05, 0) is 24.2 Å². The van der Waals surface area contributed by atoms with Crippen molar-refractivity contribution in [3.05, 3.63) is 48.3 Å². The van der Waals surface area contributed by atoms with Crippen molar-refractivity contribution >= 4 is 0 Å². The van der Waals surface area contributed by atoms with E-state index in [0.29, 0.717) is 0 Å². The number of pyridine rings is 2. The first-order chi connectivity index (χ1) is 8.29. The number of rotatable bonds is 4. The molecule has 0 aromatic carbocycles. The first kappa shape index (κ1) is 11.7. The molecule has 0 atom stereocenters. The van der Waals surface area contributed by atoms with Crippen molar-refractivity contribution in [2.75, 3.05) is 6.54 Å². The van der Waals surface area contributed by atoms with Crippen LogP contribution in [0.1, 0.15) is 12.5 Å². The zero-order chi connectivity index (χ0) is 12.1.